The van der Waals surface area contributed by atoms with Crippen LogP contribution in [0.15, 0.2) is 36.7 Å². The Kier molecular flexibility index (Phi) is 5.15. The number of morpholine rings is 1. The largest absolute Gasteiger partial charge is 0.370 e. The number of rotatable bonds is 4. The number of nitrogens with one attached hydrogen (secondary N) is 1. The second-order valence-electron chi connectivity index (χ2n) is 6.80. The lowest BCUT2D eigenvalue weighted by Crippen LogP contribution is -2.41. The number of aromatic nitrogens is 2. The van der Waals surface area contributed by atoms with Gasteiger partial charge in [0.1, 0.15) is 11.9 Å². The molecule has 1 N–H and O–H groups in total. The maximum Gasteiger partial charge on any atom is 0.262 e. The standard InChI is InChI=1S/C20H22N4O3S/c1-13(25)24-9-10-27-15(12-24)18-14-5-3-4-6-16(14)28-19(18)20(26)22-11-17-21-7-8-23(17)2/h3-8,15H,9-12H2,1-2H3,(H,22,26)/t15-/m0/s1. The SMILES string of the molecule is CC(=O)N1CCO[C@H](c2c(C(=O)NCc3nccn3C)sc3ccccc23)C1. The zero-order valence-corrected chi connectivity index (χ0v) is 16.7. The van der Waals surface area contributed by atoms with E-state index in [1.54, 1.807) is 18.0 Å². The van der Waals surface area contributed by atoms with Crippen LogP contribution in [-0.4, -0.2) is 46.0 Å². The van der Waals surface area contributed by atoms with Gasteiger partial charge in [0.15, 0.2) is 0 Å². The van der Waals surface area contributed by atoms with E-state index in [4.69, 9.17) is 4.74 Å². The average Bonchev–Trinajstić information content (AvgIpc) is 3.29. The normalized spacial score (nSPS) is 17.1. The minimum atomic E-state index is -0.317. The van der Waals surface area contributed by atoms with Crippen LogP contribution < -0.4 is 5.32 Å². The van der Waals surface area contributed by atoms with E-state index in [1.165, 1.54) is 11.3 Å². The number of imidazole rings is 1. The fourth-order valence-electron chi connectivity index (χ4n) is 3.47. The molecule has 2 aromatic heterocycles. The fourth-order valence-corrected chi connectivity index (χ4v) is 4.64. The molecule has 1 fully saturated rings. The molecule has 0 unspecified atom stereocenters. The summed E-state index contributed by atoms with van der Waals surface area (Å²) in [4.78, 5) is 31.5. The van der Waals surface area contributed by atoms with E-state index in [2.05, 4.69) is 10.3 Å². The van der Waals surface area contributed by atoms with Crippen molar-refractivity contribution in [1.82, 2.24) is 19.8 Å². The summed E-state index contributed by atoms with van der Waals surface area (Å²) in [5.41, 5.74) is 0.865. The molecule has 0 aliphatic carbocycles. The second kappa shape index (κ2) is 7.73. The number of thiophene rings is 1. The molecule has 0 saturated carbocycles. The van der Waals surface area contributed by atoms with Gasteiger partial charge in [-0.1, -0.05) is 18.2 Å². The average molecular weight is 398 g/mol. The van der Waals surface area contributed by atoms with Crippen LogP contribution in [0.4, 0.5) is 0 Å². The van der Waals surface area contributed by atoms with E-state index < -0.39 is 0 Å². The highest BCUT2D eigenvalue weighted by Crippen LogP contribution is 2.38. The van der Waals surface area contributed by atoms with Crippen molar-refractivity contribution in [1.29, 1.82) is 0 Å². The Balaban J connectivity index is 1.66. The van der Waals surface area contributed by atoms with Gasteiger partial charge in [-0.15, -0.1) is 11.3 Å². The Morgan fingerprint density at radius 1 is 1.36 bits per heavy atom. The van der Waals surface area contributed by atoms with Crippen molar-refractivity contribution in [2.45, 2.75) is 19.6 Å². The maximum atomic E-state index is 13.0. The number of ether oxygens (including phenoxy) is 1. The highest BCUT2D eigenvalue weighted by Gasteiger charge is 2.30. The van der Waals surface area contributed by atoms with Crippen LogP contribution in [0.3, 0.4) is 0 Å². The van der Waals surface area contributed by atoms with Crippen LogP contribution in [0.2, 0.25) is 0 Å². The lowest BCUT2D eigenvalue weighted by Gasteiger charge is -2.32. The van der Waals surface area contributed by atoms with Crippen LogP contribution >= 0.6 is 11.3 Å². The van der Waals surface area contributed by atoms with Crippen molar-refractivity contribution in [3.05, 3.63) is 52.9 Å². The number of hydrogen-bond acceptors (Lipinski definition) is 5. The molecule has 3 heterocycles. The Morgan fingerprint density at radius 2 is 2.18 bits per heavy atom. The van der Waals surface area contributed by atoms with E-state index >= 15 is 0 Å². The van der Waals surface area contributed by atoms with Crippen molar-refractivity contribution in [3.63, 3.8) is 0 Å². The summed E-state index contributed by atoms with van der Waals surface area (Å²) < 4.78 is 8.89. The van der Waals surface area contributed by atoms with Gasteiger partial charge in [0.05, 0.1) is 24.6 Å². The summed E-state index contributed by atoms with van der Waals surface area (Å²) in [6, 6.07) is 7.93. The Labute approximate surface area is 166 Å². The summed E-state index contributed by atoms with van der Waals surface area (Å²) in [7, 11) is 1.89. The summed E-state index contributed by atoms with van der Waals surface area (Å²) in [6.45, 7) is 3.41. The molecular formula is C20H22N4O3S. The Hall–Kier alpha value is -2.71. The first-order valence-corrected chi connectivity index (χ1v) is 9.99. The van der Waals surface area contributed by atoms with Gasteiger partial charge in [-0.3, -0.25) is 9.59 Å². The first-order chi connectivity index (χ1) is 13.5. The van der Waals surface area contributed by atoms with E-state index in [-0.39, 0.29) is 17.9 Å². The van der Waals surface area contributed by atoms with Gasteiger partial charge in [-0.05, 0) is 11.5 Å². The molecule has 1 saturated heterocycles. The van der Waals surface area contributed by atoms with Crippen LogP contribution in [0.25, 0.3) is 10.1 Å². The van der Waals surface area contributed by atoms with Crippen LogP contribution in [-0.2, 0) is 23.1 Å². The van der Waals surface area contributed by atoms with E-state index in [9.17, 15) is 9.59 Å². The zero-order chi connectivity index (χ0) is 19.7. The van der Waals surface area contributed by atoms with Crippen molar-refractivity contribution in [2.24, 2.45) is 7.05 Å². The number of benzene rings is 1. The van der Waals surface area contributed by atoms with E-state index in [1.807, 2.05) is 42.1 Å². The minimum Gasteiger partial charge on any atom is -0.370 e. The smallest absolute Gasteiger partial charge is 0.262 e. The lowest BCUT2D eigenvalue weighted by molar-refractivity contribution is -0.136. The third kappa shape index (κ3) is 3.53. The van der Waals surface area contributed by atoms with Crippen molar-refractivity contribution in [2.75, 3.05) is 19.7 Å². The third-order valence-electron chi connectivity index (χ3n) is 5.00. The number of hydrogen-bond donors (Lipinski definition) is 1. The molecule has 7 nitrogen and oxygen atoms in total. The summed E-state index contributed by atoms with van der Waals surface area (Å²) >= 11 is 1.45. The number of amides is 2. The van der Waals surface area contributed by atoms with Crippen molar-refractivity contribution >= 4 is 33.2 Å². The number of fused-ring (bicyclic) bond motifs is 1. The molecule has 1 aliphatic rings. The molecule has 4 rings (SSSR count). The van der Waals surface area contributed by atoms with Gasteiger partial charge in [-0.25, -0.2) is 4.98 Å². The first-order valence-electron chi connectivity index (χ1n) is 9.17. The first kappa shape index (κ1) is 18.6. The van der Waals surface area contributed by atoms with Crippen LogP contribution in [0, 0.1) is 0 Å². The van der Waals surface area contributed by atoms with Crippen LogP contribution in [0.1, 0.15) is 34.1 Å². The lowest BCUT2D eigenvalue weighted by atomic mass is 10.0. The van der Waals surface area contributed by atoms with Gasteiger partial charge in [0, 0.05) is 43.2 Å². The molecule has 1 atom stereocenters. The molecule has 1 aromatic carbocycles. The monoisotopic (exact) mass is 398 g/mol. The zero-order valence-electron chi connectivity index (χ0n) is 15.8. The molecule has 0 bridgehead atoms. The number of nitrogens with zero attached hydrogens (tertiary/aromatic N) is 3. The summed E-state index contributed by atoms with van der Waals surface area (Å²) in [5.74, 6) is 0.657. The molecule has 1 aliphatic heterocycles. The summed E-state index contributed by atoms with van der Waals surface area (Å²) in [5, 5.41) is 3.97. The van der Waals surface area contributed by atoms with Gasteiger partial charge in [-0.2, -0.15) is 0 Å². The fraction of sp³-hybridized carbons (Fsp3) is 0.350. The van der Waals surface area contributed by atoms with Gasteiger partial charge < -0.3 is 19.5 Å². The highest BCUT2D eigenvalue weighted by atomic mass is 32.1. The number of carbonyl (C=O) groups excluding carboxylic acids is 2. The molecule has 146 valence electrons. The summed E-state index contributed by atoms with van der Waals surface area (Å²) in [6.07, 6.45) is 3.24. The molecule has 8 heteroatoms. The van der Waals surface area contributed by atoms with E-state index in [0.29, 0.717) is 31.1 Å². The minimum absolute atomic E-state index is 0.0219. The number of carbonyl (C=O) groups is 2. The van der Waals surface area contributed by atoms with Crippen molar-refractivity contribution in [3.8, 4) is 0 Å². The molecule has 28 heavy (non-hydrogen) atoms. The van der Waals surface area contributed by atoms with E-state index in [0.717, 1.165) is 21.5 Å². The topological polar surface area (TPSA) is 76.5 Å². The van der Waals surface area contributed by atoms with Gasteiger partial charge in [0.2, 0.25) is 5.91 Å². The van der Waals surface area contributed by atoms with Crippen LogP contribution in [0.5, 0.6) is 0 Å². The molecule has 0 spiro atoms. The molecule has 3 aromatic rings. The Morgan fingerprint density at radius 3 is 2.93 bits per heavy atom. The molecular weight excluding hydrogens is 376 g/mol. The molecule has 0 radical (unpaired) electrons. The quantitative estimate of drug-likeness (QED) is 0.733. The predicted molar refractivity (Wildman–Crippen MR) is 107 cm³/mol. The third-order valence-corrected chi connectivity index (χ3v) is 6.19. The van der Waals surface area contributed by atoms with Gasteiger partial charge in [0.25, 0.3) is 5.91 Å². The maximum absolute atomic E-state index is 13.0. The van der Waals surface area contributed by atoms with Crippen molar-refractivity contribution < 1.29 is 14.3 Å². The Bertz CT molecular complexity index is 1030. The predicted octanol–water partition coefficient (Wildman–Crippen LogP) is 2.48. The van der Waals surface area contributed by atoms with Gasteiger partial charge >= 0.3 is 0 Å². The highest BCUT2D eigenvalue weighted by molar-refractivity contribution is 7.21. The number of aryl methyl sites for hydroxylation is 1. The molecule has 2 amide bonds. The second-order valence-corrected chi connectivity index (χ2v) is 7.85.